The maximum Gasteiger partial charge on any atom is 0.229 e. The first-order valence-corrected chi connectivity index (χ1v) is 9.68. The molecule has 0 radical (unpaired) electrons. The van der Waals surface area contributed by atoms with E-state index in [9.17, 15) is 0 Å². The van der Waals surface area contributed by atoms with E-state index >= 15 is 0 Å². The summed E-state index contributed by atoms with van der Waals surface area (Å²) in [6.07, 6.45) is 3.58. The molecule has 3 aromatic rings. The minimum atomic E-state index is 0.528. The maximum absolute atomic E-state index is 5.77. The molecule has 3 N–H and O–H groups in total. The number of anilines is 2. The molecule has 1 aliphatic heterocycles. The normalized spacial score (nSPS) is 14.6. The molecule has 1 aliphatic rings. The molecule has 0 spiro atoms. The van der Waals surface area contributed by atoms with Crippen LogP contribution in [-0.2, 0) is 4.74 Å². The summed E-state index contributed by atoms with van der Waals surface area (Å²) in [5.41, 5.74) is 5.72. The predicted molar refractivity (Wildman–Crippen MR) is 114 cm³/mol. The SMILES string of the molecule is CNCCOc1cc(C=NNc2c[nH]c3ccccc23)nc(N2CCOCC2)n1. The Hall–Kier alpha value is -3.17. The van der Waals surface area contributed by atoms with Crippen LogP contribution >= 0.6 is 0 Å². The summed E-state index contributed by atoms with van der Waals surface area (Å²) in [7, 11) is 1.89. The lowest BCUT2D eigenvalue weighted by Gasteiger charge is -2.27. The summed E-state index contributed by atoms with van der Waals surface area (Å²) in [6.45, 7) is 4.11. The monoisotopic (exact) mass is 395 g/mol. The molecule has 9 nitrogen and oxygen atoms in total. The second-order valence-electron chi connectivity index (χ2n) is 6.60. The Morgan fingerprint density at radius 2 is 2.14 bits per heavy atom. The number of hydrogen-bond donors (Lipinski definition) is 3. The number of ether oxygens (including phenoxy) is 2. The first-order valence-electron chi connectivity index (χ1n) is 9.68. The minimum absolute atomic E-state index is 0.528. The van der Waals surface area contributed by atoms with Crippen molar-refractivity contribution < 1.29 is 9.47 Å². The number of aromatic amines is 1. The minimum Gasteiger partial charge on any atom is -0.476 e. The van der Waals surface area contributed by atoms with Gasteiger partial charge in [-0.15, -0.1) is 0 Å². The van der Waals surface area contributed by atoms with Crippen molar-refractivity contribution in [3.63, 3.8) is 0 Å². The Morgan fingerprint density at radius 3 is 3.00 bits per heavy atom. The van der Waals surface area contributed by atoms with Crippen molar-refractivity contribution in [3.8, 4) is 5.88 Å². The van der Waals surface area contributed by atoms with Gasteiger partial charge in [0.2, 0.25) is 11.8 Å². The molecule has 152 valence electrons. The van der Waals surface area contributed by atoms with Crippen LogP contribution in [0.2, 0.25) is 0 Å². The number of fused-ring (bicyclic) bond motifs is 1. The number of hydrogen-bond acceptors (Lipinski definition) is 8. The van der Waals surface area contributed by atoms with Crippen LogP contribution in [0, 0.1) is 0 Å². The molecule has 1 saturated heterocycles. The number of para-hydroxylation sites is 1. The van der Waals surface area contributed by atoms with Gasteiger partial charge in [-0.1, -0.05) is 18.2 Å². The van der Waals surface area contributed by atoms with Crippen molar-refractivity contribution in [2.45, 2.75) is 0 Å². The molecule has 0 atom stereocenters. The zero-order chi connectivity index (χ0) is 19.9. The average Bonchev–Trinajstić information content (AvgIpc) is 3.18. The van der Waals surface area contributed by atoms with Crippen LogP contribution in [0.15, 0.2) is 41.6 Å². The number of H-pyrrole nitrogens is 1. The van der Waals surface area contributed by atoms with Crippen LogP contribution in [-0.4, -0.2) is 67.7 Å². The van der Waals surface area contributed by atoms with Gasteiger partial charge in [-0.2, -0.15) is 10.1 Å². The Bertz CT molecular complexity index is 966. The van der Waals surface area contributed by atoms with Crippen LogP contribution < -0.4 is 20.4 Å². The molecule has 29 heavy (non-hydrogen) atoms. The first kappa shape index (κ1) is 19.2. The number of rotatable bonds is 8. The quantitative estimate of drug-likeness (QED) is 0.304. The molecule has 0 amide bonds. The van der Waals surface area contributed by atoms with E-state index in [0.29, 0.717) is 37.3 Å². The van der Waals surface area contributed by atoms with Crippen LogP contribution in [0.25, 0.3) is 10.9 Å². The van der Waals surface area contributed by atoms with E-state index in [-0.39, 0.29) is 0 Å². The van der Waals surface area contributed by atoms with Gasteiger partial charge >= 0.3 is 0 Å². The number of nitrogens with zero attached hydrogens (tertiary/aromatic N) is 4. The fraction of sp³-hybridized carbons (Fsp3) is 0.350. The Morgan fingerprint density at radius 1 is 1.28 bits per heavy atom. The van der Waals surface area contributed by atoms with Gasteiger partial charge in [-0.25, -0.2) is 4.98 Å². The van der Waals surface area contributed by atoms with Crippen LogP contribution in [0.3, 0.4) is 0 Å². The number of benzene rings is 1. The Balaban J connectivity index is 1.52. The Kier molecular flexibility index (Phi) is 6.18. The average molecular weight is 395 g/mol. The van der Waals surface area contributed by atoms with Crippen LogP contribution in [0.5, 0.6) is 5.88 Å². The number of aromatic nitrogens is 3. The summed E-state index contributed by atoms with van der Waals surface area (Å²) >= 11 is 0. The molecule has 0 saturated carbocycles. The molecule has 1 fully saturated rings. The van der Waals surface area contributed by atoms with Crippen molar-refractivity contribution in [2.75, 3.05) is 56.8 Å². The molecule has 2 aromatic heterocycles. The summed E-state index contributed by atoms with van der Waals surface area (Å²) < 4.78 is 11.2. The van der Waals surface area contributed by atoms with E-state index in [1.54, 1.807) is 12.3 Å². The molecule has 0 unspecified atom stereocenters. The number of likely N-dealkylation sites (N-methyl/N-ethyl adjacent to an activating group) is 1. The predicted octanol–water partition coefficient (Wildman–Crippen LogP) is 1.84. The third kappa shape index (κ3) is 4.82. The molecule has 0 bridgehead atoms. The van der Waals surface area contributed by atoms with Crippen molar-refractivity contribution in [1.82, 2.24) is 20.3 Å². The lowest BCUT2D eigenvalue weighted by molar-refractivity contribution is 0.122. The number of morpholine rings is 1. The van der Waals surface area contributed by atoms with Crippen molar-refractivity contribution in [1.29, 1.82) is 0 Å². The van der Waals surface area contributed by atoms with E-state index in [0.717, 1.165) is 36.2 Å². The molecule has 1 aromatic carbocycles. The molecular weight excluding hydrogens is 370 g/mol. The van der Waals surface area contributed by atoms with Crippen LogP contribution in [0.1, 0.15) is 5.69 Å². The number of nitrogens with one attached hydrogen (secondary N) is 3. The van der Waals surface area contributed by atoms with Crippen LogP contribution in [0.4, 0.5) is 11.6 Å². The van der Waals surface area contributed by atoms with Gasteiger partial charge in [-0.3, -0.25) is 5.43 Å². The third-order valence-corrected chi connectivity index (χ3v) is 4.58. The van der Waals surface area contributed by atoms with Crippen molar-refractivity contribution >= 4 is 28.8 Å². The summed E-state index contributed by atoms with van der Waals surface area (Å²) in [6, 6.07) is 9.85. The lowest BCUT2D eigenvalue weighted by atomic mass is 10.2. The van der Waals surface area contributed by atoms with Gasteiger partial charge in [0.1, 0.15) is 6.61 Å². The molecule has 9 heteroatoms. The lowest BCUT2D eigenvalue weighted by Crippen LogP contribution is -2.37. The molecule has 4 rings (SSSR count). The zero-order valence-electron chi connectivity index (χ0n) is 16.4. The van der Waals surface area contributed by atoms with Gasteiger partial charge in [-0.05, 0) is 13.1 Å². The maximum atomic E-state index is 5.77. The van der Waals surface area contributed by atoms with Crippen molar-refractivity contribution in [2.24, 2.45) is 5.10 Å². The van der Waals surface area contributed by atoms with Gasteiger partial charge in [0.25, 0.3) is 0 Å². The number of hydrazone groups is 1. The molecular formula is C20H25N7O2. The van der Waals surface area contributed by atoms with E-state index < -0.39 is 0 Å². The van der Waals surface area contributed by atoms with Gasteiger partial charge in [0.05, 0.1) is 30.8 Å². The third-order valence-electron chi connectivity index (χ3n) is 4.58. The van der Waals surface area contributed by atoms with E-state index in [1.165, 1.54) is 0 Å². The zero-order valence-corrected chi connectivity index (χ0v) is 16.4. The van der Waals surface area contributed by atoms with Gasteiger partial charge in [0, 0.05) is 42.8 Å². The van der Waals surface area contributed by atoms with E-state index in [1.807, 2.05) is 37.5 Å². The molecule has 3 heterocycles. The fourth-order valence-electron chi connectivity index (χ4n) is 3.06. The second-order valence-corrected chi connectivity index (χ2v) is 6.60. The highest BCUT2D eigenvalue weighted by atomic mass is 16.5. The van der Waals surface area contributed by atoms with Gasteiger partial charge in [0.15, 0.2) is 0 Å². The highest BCUT2D eigenvalue weighted by Crippen LogP contribution is 2.22. The van der Waals surface area contributed by atoms with E-state index in [2.05, 4.69) is 35.7 Å². The second kappa shape index (κ2) is 9.35. The summed E-state index contributed by atoms with van der Waals surface area (Å²) in [5, 5.41) is 8.50. The van der Waals surface area contributed by atoms with Crippen molar-refractivity contribution in [3.05, 3.63) is 42.2 Å². The van der Waals surface area contributed by atoms with E-state index in [4.69, 9.17) is 9.47 Å². The highest BCUT2D eigenvalue weighted by molar-refractivity contribution is 5.92. The standard InChI is InChI=1S/C20H25N7O2/c1-21-6-9-29-19-12-15(24-20(25-19)27-7-10-28-11-8-27)13-23-26-18-14-22-17-5-3-2-4-16(17)18/h2-5,12-14,21-22,26H,6-11H2,1H3. The Labute approximate surface area is 169 Å². The summed E-state index contributed by atoms with van der Waals surface area (Å²) in [4.78, 5) is 14.5. The van der Waals surface area contributed by atoms with Gasteiger partial charge < -0.3 is 24.7 Å². The smallest absolute Gasteiger partial charge is 0.229 e. The first-order chi connectivity index (χ1) is 14.3. The fourth-order valence-corrected chi connectivity index (χ4v) is 3.06. The highest BCUT2D eigenvalue weighted by Gasteiger charge is 2.16. The topological polar surface area (TPSA) is 99.7 Å². The largest absolute Gasteiger partial charge is 0.476 e. The summed E-state index contributed by atoms with van der Waals surface area (Å²) in [5.74, 6) is 1.16. The molecule has 0 aliphatic carbocycles.